The van der Waals surface area contributed by atoms with E-state index in [-0.39, 0.29) is 0 Å². The molecule has 4 heteroatoms. The minimum Gasteiger partial charge on any atom is -0.448 e. The Kier molecular flexibility index (Phi) is 2.91. The summed E-state index contributed by atoms with van der Waals surface area (Å²) in [7, 11) is 1.59. The summed E-state index contributed by atoms with van der Waals surface area (Å²) in [6.45, 7) is 0. The van der Waals surface area contributed by atoms with Crippen LogP contribution in [0.5, 0.6) is 5.75 Å². The van der Waals surface area contributed by atoms with E-state index in [0.29, 0.717) is 11.6 Å². The van der Waals surface area contributed by atoms with Gasteiger partial charge in [-0.15, -0.1) is 0 Å². The molecule has 16 heavy (non-hydrogen) atoms. The maximum Gasteiger partial charge on any atom is 0.421 e. The van der Waals surface area contributed by atoms with E-state index in [1.165, 1.54) is 11.2 Å². The van der Waals surface area contributed by atoms with Crippen LogP contribution in [0.4, 0.5) is 10.7 Å². The Bertz CT molecular complexity index is 450. The van der Waals surface area contributed by atoms with Crippen LogP contribution >= 0.6 is 0 Å². The lowest BCUT2D eigenvalue weighted by molar-refractivity contribution is 0.208. The van der Waals surface area contributed by atoms with Crippen molar-refractivity contribution in [2.75, 3.05) is 11.9 Å². The number of benzene rings is 1. The van der Waals surface area contributed by atoms with E-state index < -0.39 is 6.09 Å². The van der Waals surface area contributed by atoms with Crippen LogP contribution in [0, 0.1) is 0 Å². The number of rotatable bonds is 2. The predicted octanol–water partition coefficient (Wildman–Crippen LogP) is 2.91. The van der Waals surface area contributed by atoms with Gasteiger partial charge in [0.1, 0.15) is 5.75 Å². The molecular weight excluding hydrogens is 206 g/mol. The molecule has 0 bridgehead atoms. The van der Waals surface area contributed by atoms with Crippen LogP contribution in [0.2, 0.25) is 0 Å². The molecule has 0 atom stereocenters. The van der Waals surface area contributed by atoms with E-state index in [1.807, 2.05) is 6.07 Å². The zero-order valence-corrected chi connectivity index (χ0v) is 8.79. The molecule has 1 heterocycles. The molecule has 0 saturated carbocycles. The van der Waals surface area contributed by atoms with Gasteiger partial charge in [0.05, 0.1) is 6.26 Å². The van der Waals surface area contributed by atoms with Crippen LogP contribution < -0.4 is 9.64 Å². The maximum atomic E-state index is 11.7. The third-order valence-corrected chi connectivity index (χ3v) is 2.06. The van der Waals surface area contributed by atoms with Crippen molar-refractivity contribution < 1.29 is 13.9 Å². The number of hydrogen-bond donors (Lipinski definition) is 0. The largest absolute Gasteiger partial charge is 0.448 e. The van der Waals surface area contributed by atoms with Gasteiger partial charge in [-0.1, -0.05) is 18.2 Å². The molecule has 0 spiro atoms. The lowest BCUT2D eigenvalue weighted by Gasteiger charge is -2.13. The van der Waals surface area contributed by atoms with Gasteiger partial charge in [0.25, 0.3) is 0 Å². The molecule has 2 rings (SSSR count). The third kappa shape index (κ3) is 2.23. The van der Waals surface area contributed by atoms with Crippen LogP contribution in [0.3, 0.4) is 0 Å². The molecule has 1 aromatic carbocycles. The average molecular weight is 217 g/mol. The number of amides is 1. The van der Waals surface area contributed by atoms with E-state index in [9.17, 15) is 4.79 Å². The molecule has 0 saturated heterocycles. The van der Waals surface area contributed by atoms with Gasteiger partial charge in [0.2, 0.25) is 5.88 Å². The van der Waals surface area contributed by atoms with Crippen LogP contribution in [0.1, 0.15) is 0 Å². The number of hydrogen-bond acceptors (Lipinski definition) is 3. The Morgan fingerprint density at radius 1 is 1.19 bits per heavy atom. The standard InChI is InChI=1S/C12H11NO3/c1-13(11-8-5-9-15-11)12(14)16-10-6-3-2-4-7-10/h2-9H,1H3. The van der Waals surface area contributed by atoms with Crippen molar-refractivity contribution >= 4 is 12.0 Å². The topological polar surface area (TPSA) is 42.7 Å². The summed E-state index contributed by atoms with van der Waals surface area (Å²) in [5, 5.41) is 0. The zero-order valence-electron chi connectivity index (χ0n) is 8.79. The molecule has 0 aliphatic heterocycles. The highest BCUT2D eigenvalue weighted by Crippen LogP contribution is 2.15. The second-order valence-electron chi connectivity index (χ2n) is 3.19. The van der Waals surface area contributed by atoms with Gasteiger partial charge in [-0.3, -0.25) is 4.90 Å². The summed E-state index contributed by atoms with van der Waals surface area (Å²) in [6, 6.07) is 12.3. The average Bonchev–Trinajstić information content (AvgIpc) is 2.83. The van der Waals surface area contributed by atoms with Gasteiger partial charge in [-0.05, 0) is 18.2 Å². The quantitative estimate of drug-likeness (QED) is 0.776. The van der Waals surface area contributed by atoms with E-state index in [2.05, 4.69) is 0 Å². The van der Waals surface area contributed by atoms with Crippen molar-refractivity contribution in [2.24, 2.45) is 0 Å². The second-order valence-corrected chi connectivity index (χ2v) is 3.19. The number of furan rings is 1. The first-order chi connectivity index (χ1) is 7.77. The van der Waals surface area contributed by atoms with Crippen molar-refractivity contribution in [1.29, 1.82) is 0 Å². The van der Waals surface area contributed by atoms with Crippen molar-refractivity contribution in [2.45, 2.75) is 0 Å². The summed E-state index contributed by atoms with van der Waals surface area (Å²) in [5.74, 6) is 0.951. The summed E-state index contributed by atoms with van der Waals surface area (Å²) in [5.41, 5.74) is 0. The second kappa shape index (κ2) is 4.53. The number of anilines is 1. The van der Waals surface area contributed by atoms with Crippen LogP contribution in [0.15, 0.2) is 53.1 Å². The normalized spacial score (nSPS) is 9.81. The fraction of sp³-hybridized carbons (Fsp3) is 0.0833. The Morgan fingerprint density at radius 2 is 1.94 bits per heavy atom. The number of para-hydroxylation sites is 1. The highest BCUT2D eigenvalue weighted by molar-refractivity contribution is 5.86. The first-order valence-corrected chi connectivity index (χ1v) is 4.81. The van der Waals surface area contributed by atoms with Gasteiger partial charge in [-0.2, -0.15) is 0 Å². The highest BCUT2D eigenvalue weighted by atomic mass is 16.6. The zero-order chi connectivity index (χ0) is 11.4. The predicted molar refractivity (Wildman–Crippen MR) is 59.6 cm³/mol. The molecule has 0 N–H and O–H groups in total. The molecule has 1 amide bonds. The fourth-order valence-electron chi connectivity index (χ4n) is 1.21. The Morgan fingerprint density at radius 3 is 2.56 bits per heavy atom. The molecule has 0 aliphatic carbocycles. The number of ether oxygens (including phenoxy) is 1. The minimum absolute atomic E-state index is 0.445. The monoisotopic (exact) mass is 217 g/mol. The maximum absolute atomic E-state index is 11.7. The van der Waals surface area contributed by atoms with E-state index in [4.69, 9.17) is 9.15 Å². The van der Waals surface area contributed by atoms with E-state index >= 15 is 0 Å². The fourth-order valence-corrected chi connectivity index (χ4v) is 1.21. The number of nitrogens with zero attached hydrogens (tertiary/aromatic N) is 1. The summed E-state index contributed by atoms with van der Waals surface area (Å²) in [6.07, 6.45) is 1.02. The Hall–Kier alpha value is -2.23. The van der Waals surface area contributed by atoms with Gasteiger partial charge < -0.3 is 9.15 Å². The van der Waals surface area contributed by atoms with E-state index in [0.717, 1.165) is 0 Å². The van der Waals surface area contributed by atoms with Gasteiger partial charge in [0.15, 0.2) is 0 Å². The van der Waals surface area contributed by atoms with Crippen LogP contribution in [-0.4, -0.2) is 13.1 Å². The molecule has 1 aromatic heterocycles. The van der Waals surface area contributed by atoms with Gasteiger partial charge in [-0.25, -0.2) is 4.79 Å². The van der Waals surface area contributed by atoms with Crippen LogP contribution in [0.25, 0.3) is 0 Å². The van der Waals surface area contributed by atoms with Crippen molar-refractivity contribution in [3.8, 4) is 5.75 Å². The Balaban J connectivity index is 2.04. The first-order valence-electron chi connectivity index (χ1n) is 4.81. The number of carbonyl (C=O) groups excluding carboxylic acids is 1. The molecule has 82 valence electrons. The number of carbonyl (C=O) groups is 1. The van der Waals surface area contributed by atoms with Crippen molar-refractivity contribution in [3.05, 3.63) is 48.7 Å². The highest BCUT2D eigenvalue weighted by Gasteiger charge is 2.14. The van der Waals surface area contributed by atoms with E-state index in [1.54, 1.807) is 43.4 Å². The van der Waals surface area contributed by atoms with Gasteiger partial charge >= 0.3 is 6.09 Å². The lowest BCUT2D eigenvalue weighted by atomic mass is 10.3. The summed E-state index contributed by atoms with van der Waals surface area (Å²) < 4.78 is 10.2. The van der Waals surface area contributed by atoms with Crippen molar-refractivity contribution in [1.82, 2.24) is 0 Å². The molecule has 0 fully saturated rings. The molecular formula is C12H11NO3. The SMILES string of the molecule is CN(C(=O)Oc1ccccc1)c1ccco1. The van der Waals surface area contributed by atoms with Crippen molar-refractivity contribution in [3.63, 3.8) is 0 Å². The molecule has 0 aliphatic rings. The molecule has 0 unspecified atom stereocenters. The summed E-state index contributed by atoms with van der Waals surface area (Å²) >= 11 is 0. The van der Waals surface area contributed by atoms with Gasteiger partial charge in [0, 0.05) is 13.1 Å². The molecule has 2 aromatic rings. The molecule has 4 nitrogen and oxygen atoms in total. The molecule has 0 radical (unpaired) electrons. The smallest absolute Gasteiger partial charge is 0.421 e. The minimum atomic E-state index is -0.485. The van der Waals surface area contributed by atoms with Crippen LogP contribution in [-0.2, 0) is 0 Å². The lowest BCUT2D eigenvalue weighted by Crippen LogP contribution is -2.28. The Labute approximate surface area is 93.0 Å². The first kappa shape index (κ1) is 10.3. The summed E-state index contributed by atoms with van der Waals surface area (Å²) in [4.78, 5) is 13.0. The third-order valence-electron chi connectivity index (χ3n) is 2.06.